The van der Waals surface area contributed by atoms with Gasteiger partial charge in [-0.05, 0) is 26.3 Å². The van der Waals surface area contributed by atoms with Crippen molar-refractivity contribution in [3.05, 3.63) is 12.2 Å². The van der Waals surface area contributed by atoms with Gasteiger partial charge in [0.2, 0.25) is 5.91 Å². The van der Waals surface area contributed by atoms with Gasteiger partial charge in [0.15, 0.2) is 0 Å². The number of allylic oxidation sites excluding steroid dienone is 1. The highest BCUT2D eigenvalue weighted by Gasteiger charge is 2.27. The second-order valence-electron chi connectivity index (χ2n) is 3.41. The summed E-state index contributed by atoms with van der Waals surface area (Å²) in [4.78, 5) is 13.2. The molecule has 0 saturated carbocycles. The predicted molar refractivity (Wildman–Crippen MR) is 53.5 cm³/mol. The van der Waals surface area contributed by atoms with Crippen molar-refractivity contribution in [1.29, 1.82) is 0 Å². The van der Waals surface area contributed by atoms with Gasteiger partial charge in [0.1, 0.15) is 0 Å². The van der Waals surface area contributed by atoms with Crippen LogP contribution in [0.1, 0.15) is 19.8 Å². The van der Waals surface area contributed by atoms with Crippen LogP contribution in [0, 0.1) is 0 Å². The summed E-state index contributed by atoms with van der Waals surface area (Å²) in [5.41, 5.74) is 0. The Morgan fingerprint density at radius 2 is 2.46 bits per heavy atom. The molecule has 3 heteroatoms. The van der Waals surface area contributed by atoms with E-state index < -0.39 is 0 Å². The minimum atomic E-state index is 0.0651. The van der Waals surface area contributed by atoms with Crippen molar-refractivity contribution < 1.29 is 4.79 Å². The normalized spacial score (nSPS) is 23.4. The van der Waals surface area contributed by atoms with Crippen LogP contribution >= 0.6 is 0 Å². The second kappa shape index (κ2) is 5.02. The highest BCUT2D eigenvalue weighted by molar-refractivity contribution is 5.83. The molecule has 1 heterocycles. The van der Waals surface area contributed by atoms with E-state index in [1.807, 2.05) is 20.0 Å². The van der Waals surface area contributed by atoms with Gasteiger partial charge in [0.05, 0.1) is 6.04 Å². The van der Waals surface area contributed by atoms with Crippen LogP contribution < -0.4 is 5.32 Å². The van der Waals surface area contributed by atoms with Crippen molar-refractivity contribution >= 4 is 5.91 Å². The first kappa shape index (κ1) is 10.3. The Morgan fingerprint density at radius 1 is 1.69 bits per heavy atom. The first-order valence-corrected chi connectivity index (χ1v) is 4.85. The third-order valence-corrected chi connectivity index (χ3v) is 2.36. The molecule has 1 amide bonds. The van der Waals surface area contributed by atoms with Gasteiger partial charge >= 0.3 is 0 Å². The summed E-state index contributed by atoms with van der Waals surface area (Å²) in [6, 6.07) is 0.0651. The number of nitrogens with zero attached hydrogens (tertiary/aromatic N) is 1. The molecule has 1 saturated heterocycles. The van der Waals surface area contributed by atoms with E-state index in [0.717, 1.165) is 25.9 Å². The van der Waals surface area contributed by atoms with E-state index >= 15 is 0 Å². The summed E-state index contributed by atoms with van der Waals surface area (Å²) >= 11 is 0. The fourth-order valence-electron chi connectivity index (χ4n) is 1.52. The summed E-state index contributed by atoms with van der Waals surface area (Å²) in [7, 11) is 1.86. The van der Waals surface area contributed by atoms with Gasteiger partial charge in [-0.15, -0.1) is 0 Å². The standard InChI is InChI=1S/C10H18N2O/c1-3-4-5-7-11-9-6-8-12(2)10(9)13/h3-4,9,11H,5-8H2,1-2H3/b4-3+. The molecular formula is C10H18N2O. The van der Waals surface area contributed by atoms with Crippen molar-refractivity contribution in [1.82, 2.24) is 10.2 Å². The second-order valence-corrected chi connectivity index (χ2v) is 3.41. The quantitative estimate of drug-likeness (QED) is 0.514. The molecule has 1 atom stereocenters. The number of carbonyl (C=O) groups is 1. The van der Waals surface area contributed by atoms with Crippen LogP contribution in [0.5, 0.6) is 0 Å². The summed E-state index contributed by atoms with van der Waals surface area (Å²) in [6.07, 6.45) is 6.09. The molecular weight excluding hydrogens is 164 g/mol. The number of rotatable bonds is 4. The number of hydrogen-bond donors (Lipinski definition) is 1. The summed E-state index contributed by atoms with van der Waals surface area (Å²) in [5.74, 6) is 0.237. The van der Waals surface area contributed by atoms with Crippen LogP contribution in [0.3, 0.4) is 0 Å². The highest BCUT2D eigenvalue weighted by Crippen LogP contribution is 2.07. The van der Waals surface area contributed by atoms with E-state index in [9.17, 15) is 4.79 Å². The van der Waals surface area contributed by atoms with Crippen LogP contribution in [0.2, 0.25) is 0 Å². The Morgan fingerprint density at radius 3 is 3.00 bits per heavy atom. The van der Waals surface area contributed by atoms with Crippen molar-refractivity contribution in [3.8, 4) is 0 Å². The average Bonchev–Trinajstić information content (AvgIpc) is 2.43. The molecule has 1 unspecified atom stereocenters. The molecule has 1 aliphatic rings. The Bertz CT molecular complexity index is 201. The number of carbonyl (C=O) groups excluding carboxylic acids is 1. The minimum absolute atomic E-state index is 0.0651. The van der Waals surface area contributed by atoms with E-state index in [1.165, 1.54) is 0 Å². The van der Waals surface area contributed by atoms with Crippen molar-refractivity contribution in [2.75, 3.05) is 20.1 Å². The number of hydrogen-bond acceptors (Lipinski definition) is 2. The maximum atomic E-state index is 11.4. The van der Waals surface area contributed by atoms with Crippen molar-refractivity contribution in [3.63, 3.8) is 0 Å². The van der Waals surface area contributed by atoms with Crippen LogP contribution in [-0.2, 0) is 4.79 Å². The fraction of sp³-hybridized carbons (Fsp3) is 0.700. The Labute approximate surface area is 79.8 Å². The van der Waals surface area contributed by atoms with E-state index in [4.69, 9.17) is 0 Å². The number of likely N-dealkylation sites (N-methyl/N-ethyl adjacent to an activating group) is 1. The largest absolute Gasteiger partial charge is 0.344 e. The predicted octanol–water partition coefficient (Wildman–Crippen LogP) is 0.773. The Balaban J connectivity index is 2.19. The minimum Gasteiger partial charge on any atom is -0.344 e. The molecule has 0 spiro atoms. The summed E-state index contributed by atoms with van der Waals surface area (Å²) in [5, 5.41) is 3.25. The molecule has 0 aromatic rings. The van der Waals surface area contributed by atoms with E-state index in [0.29, 0.717) is 0 Å². The fourth-order valence-corrected chi connectivity index (χ4v) is 1.52. The lowest BCUT2D eigenvalue weighted by Gasteiger charge is -2.10. The highest BCUT2D eigenvalue weighted by atomic mass is 16.2. The average molecular weight is 182 g/mol. The molecule has 1 aliphatic heterocycles. The third-order valence-electron chi connectivity index (χ3n) is 2.36. The third kappa shape index (κ3) is 2.84. The summed E-state index contributed by atoms with van der Waals surface area (Å²) < 4.78 is 0. The van der Waals surface area contributed by atoms with E-state index in [1.54, 1.807) is 4.90 Å². The molecule has 13 heavy (non-hydrogen) atoms. The summed E-state index contributed by atoms with van der Waals surface area (Å²) in [6.45, 7) is 3.79. The lowest BCUT2D eigenvalue weighted by molar-refractivity contribution is -0.128. The van der Waals surface area contributed by atoms with Gasteiger partial charge in [0.25, 0.3) is 0 Å². The first-order valence-electron chi connectivity index (χ1n) is 4.85. The van der Waals surface area contributed by atoms with Gasteiger partial charge in [-0.3, -0.25) is 4.79 Å². The SMILES string of the molecule is C/C=C/CCNC1CCN(C)C1=O. The van der Waals surface area contributed by atoms with Crippen LogP contribution in [0.15, 0.2) is 12.2 Å². The van der Waals surface area contributed by atoms with Crippen LogP contribution in [0.4, 0.5) is 0 Å². The number of nitrogens with one attached hydrogen (secondary N) is 1. The van der Waals surface area contributed by atoms with Gasteiger partial charge in [0, 0.05) is 13.6 Å². The molecule has 0 bridgehead atoms. The Hall–Kier alpha value is -0.830. The van der Waals surface area contributed by atoms with Crippen LogP contribution in [0.25, 0.3) is 0 Å². The molecule has 3 nitrogen and oxygen atoms in total. The number of amides is 1. The molecule has 0 aromatic carbocycles. The van der Waals surface area contributed by atoms with Crippen LogP contribution in [-0.4, -0.2) is 37.0 Å². The maximum Gasteiger partial charge on any atom is 0.239 e. The zero-order chi connectivity index (χ0) is 9.68. The Kier molecular flexibility index (Phi) is 3.96. The maximum absolute atomic E-state index is 11.4. The molecule has 1 fully saturated rings. The van der Waals surface area contributed by atoms with Gasteiger partial charge in [-0.2, -0.15) is 0 Å². The zero-order valence-electron chi connectivity index (χ0n) is 8.42. The van der Waals surface area contributed by atoms with Gasteiger partial charge in [-0.1, -0.05) is 12.2 Å². The molecule has 1 N–H and O–H groups in total. The first-order chi connectivity index (χ1) is 6.25. The monoisotopic (exact) mass is 182 g/mol. The number of likely N-dealkylation sites (tertiary alicyclic amines) is 1. The lowest BCUT2D eigenvalue weighted by Crippen LogP contribution is -2.37. The lowest BCUT2D eigenvalue weighted by atomic mass is 10.2. The van der Waals surface area contributed by atoms with E-state index in [2.05, 4.69) is 11.4 Å². The smallest absolute Gasteiger partial charge is 0.239 e. The molecule has 0 aliphatic carbocycles. The van der Waals surface area contributed by atoms with Crippen molar-refractivity contribution in [2.24, 2.45) is 0 Å². The van der Waals surface area contributed by atoms with Gasteiger partial charge in [-0.25, -0.2) is 0 Å². The molecule has 0 aromatic heterocycles. The van der Waals surface area contributed by atoms with E-state index in [-0.39, 0.29) is 11.9 Å². The molecule has 74 valence electrons. The van der Waals surface area contributed by atoms with Gasteiger partial charge < -0.3 is 10.2 Å². The van der Waals surface area contributed by atoms with Crippen molar-refractivity contribution in [2.45, 2.75) is 25.8 Å². The topological polar surface area (TPSA) is 32.3 Å². The molecule has 0 radical (unpaired) electrons. The molecule has 1 rings (SSSR count). The zero-order valence-corrected chi connectivity index (χ0v) is 8.42.